The number of carbonyl (C=O) groups is 2. The highest BCUT2D eigenvalue weighted by atomic mass is 16.2. The van der Waals surface area contributed by atoms with Gasteiger partial charge in [-0.1, -0.05) is 30.3 Å². The van der Waals surface area contributed by atoms with Crippen molar-refractivity contribution in [1.29, 1.82) is 0 Å². The molecule has 2 amide bonds. The lowest BCUT2D eigenvalue weighted by atomic mass is 10.1. The van der Waals surface area contributed by atoms with Crippen LogP contribution in [-0.4, -0.2) is 24.4 Å². The van der Waals surface area contributed by atoms with E-state index in [0.29, 0.717) is 5.56 Å². The molecular weight excluding hydrogens is 314 g/mol. The average Bonchev–Trinajstić information content (AvgIpc) is 3.12. The predicted octanol–water partition coefficient (Wildman–Crippen LogP) is 3.10. The minimum atomic E-state index is -0.142. The Kier molecular flexibility index (Phi) is 3.92. The van der Waals surface area contributed by atoms with E-state index in [0.717, 1.165) is 36.3 Å². The Hall–Kier alpha value is -2.82. The van der Waals surface area contributed by atoms with Gasteiger partial charge in [0.2, 0.25) is 5.91 Å². The maximum absolute atomic E-state index is 12.6. The van der Waals surface area contributed by atoms with E-state index in [1.54, 1.807) is 6.07 Å². The van der Waals surface area contributed by atoms with Gasteiger partial charge in [0.15, 0.2) is 0 Å². The maximum atomic E-state index is 12.6. The van der Waals surface area contributed by atoms with Crippen LogP contribution in [0.2, 0.25) is 0 Å². The van der Waals surface area contributed by atoms with Gasteiger partial charge in [-0.05, 0) is 43.5 Å². The van der Waals surface area contributed by atoms with Gasteiger partial charge < -0.3 is 15.5 Å². The number of nitrogens with one attached hydrogen (secondary N) is 2. The highest BCUT2D eigenvalue weighted by Crippen LogP contribution is 2.37. The average molecular weight is 335 g/mol. The molecule has 2 atom stereocenters. The fourth-order valence-electron chi connectivity index (χ4n) is 3.68. The number of carbonyl (C=O) groups excluding carboxylic acids is 2. The van der Waals surface area contributed by atoms with Crippen molar-refractivity contribution in [2.75, 3.05) is 16.8 Å². The second-order valence-corrected chi connectivity index (χ2v) is 6.68. The van der Waals surface area contributed by atoms with Crippen molar-refractivity contribution >= 4 is 23.2 Å². The van der Waals surface area contributed by atoms with E-state index < -0.39 is 0 Å². The SMILES string of the molecule is C[C@H](NC(=O)c1ccc2c(c1)NC(=O)[C@@H]1CCCN21)c1ccccc1. The number of benzene rings is 2. The van der Waals surface area contributed by atoms with Crippen LogP contribution >= 0.6 is 0 Å². The van der Waals surface area contributed by atoms with E-state index in [9.17, 15) is 9.59 Å². The lowest BCUT2D eigenvalue weighted by molar-refractivity contribution is -0.117. The Morgan fingerprint density at radius 1 is 1.24 bits per heavy atom. The highest BCUT2D eigenvalue weighted by Gasteiger charge is 2.36. The van der Waals surface area contributed by atoms with Crippen LogP contribution in [-0.2, 0) is 4.79 Å². The van der Waals surface area contributed by atoms with E-state index in [2.05, 4.69) is 15.5 Å². The highest BCUT2D eigenvalue weighted by molar-refractivity contribution is 6.06. The minimum absolute atomic E-state index is 0.0280. The number of fused-ring (bicyclic) bond motifs is 3. The van der Waals surface area contributed by atoms with Crippen molar-refractivity contribution in [3.8, 4) is 0 Å². The zero-order valence-electron chi connectivity index (χ0n) is 14.2. The third-order valence-electron chi connectivity index (χ3n) is 5.03. The zero-order valence-corrected chi connectivity index (χ0v) is 14.2. The molecule has 2 aromatic rings. The fourth-order valence-corrected chi connectivity index (χ4v) is 3.68. The van der Waals surface area contributed by atoms with Gasteiger partial charge in [0.05, 0.1) is 17.4 Å². The van der Waals surface area contributed by atoms with Crippen LogP contribution < -0.4 is 15.5 Å². The van der Waals surface area contributed by atoms with Gasteiger partial charge >= 0.3 is 0 Å². The first kappa shape index (κ1) is 15.7. The first-order valence-electron chi connectivity index (χ1n) is 8.71. The Bertz CT molecular complexity index is 819. The third-order valence-corrected chi connectivity index (χ3v) is 5.03. The number of nitrogens with zero attached hydrogens (tertiary/aromatic N) is 1. The van der Waals surface area contributed by atoms with Crippen molar-refractivity contribution in [3.63, 3.8) is 0 Å². The molecule has 0 bridgehead atoms. The van der Waals surface area contributed by atoms with Crippen LogP contribution in [0.1, 0.15) is 41.7 Å². The molecule has 25 heavy (non-hydrogen) atoms. The summed E-state index contributed by atoms with van der Waals surface area (Å²) in [7, 11) is 0. The summed E-state index contributed by atoms with van der Waals surface area (Å²) < 4.78 is 0. The summed E-state index contributed by atoms with van der Waals surface area (Å²) in [4.78, 5) is 27.0. The van der Waals surface area contributed by atoms with Crippen LogP contribution in [0.15, 0.2) is 48.5 Å². The zero-order chi connectivity index (χ0) is 17.4. The molecule has 1 saturated heterocycles. The molecule has 5 nitrogen and oxygen atoms in total. The molecule has 2 aliphatic heterocycles. The largest absolute Gasteiger partial charge is 0.358 e. The first-order chi connectivity index (χ1) is 12.1. The molecule has 4 rings (SSSR count). The number of amides is 2. The standard InChI is InChI=1S/C20H21N3O2/c1-13(14-6-3-2-4-7-14)21-19(24)15-9-10-17-16(12-15)22-20(25)18-8-5-11-23(17)18/h2-4,6-7,9-10,12-13,18H,5,8,11H2,1H3,(H,21,24)(H,22,25)/t13-,18-/m0/s1. The molecular formula is C20H21N3O2. The molecule has 0 unspecified atom stereocenters. The topological polar surface area (TPSA) is 61.4 Å². The van der Waals surface area contributed by atoms with Crippen molar-refractivity contribution in [2.45, 2.75) is 31.8 Å². The van der Waals surface area contributed by atoms with Crippen LogP contribution in [0.5, 0.6) is 0 Å². The maximum Gasteiger partial charge on any atom is 0.251 e. The summed E-state index contributed by atoms with van der Waals surface area (Å²) >= 11 is 0. The van der Waals surface area contributed by atoms with Gasteiger partial charge in [0.1, 0.15) is 6.04 Å². The molecule has 0 saturated carbocycles. The van der Waals surface area contributed by atoms with Crippen LogP contribution in [0.25, 0.3) is 0 Å². The molecule has 0 aromatic heterocycles. The van der Waals surface area contributed by atoms with Crippen molar-refractivity contribution in [1.82, 2.24) is 5.32 Å². The van der Waals surface area contributed by atoms with Gasteiger partial charge in [-0.2, -0.15) is 0 Å². The second-order valence-electron chi connectivity index (χ2n) is 6.68. The number of hydrogen-bond donors (Lipinski definition) is 2. The fraction of sp³-hybridized carbons (Fsp3) is 0.300. The molecule has 0 radical (unpaired) electrons. The minimum Gasteiger partial charge on any atom is -0.358 e. The van der Waals surface area contributed by atoms with E-state index >= 15 is 0 Å². The second kappa shape index (κ2) is 6.24. The first-order valence-corrected chi connectivity index (χ1v) is 8.71. The molecule has 0 aliphatic carbocycles. The van der Waals surface area contributed by atoms with Crippen LogP contribution in [0.3, 0.4) is 0 Å². The summed E-state index contributed by atoms with van der Waals surface area (Å²) in [6, 6.07) is 15.3. The van der Waals surface area contributed by atoms with Gasteiger partial charge in [0.25, 0.3) is 5.91 Å². The van der Waals surface area contributed by atoms with Crippen molar-refractivity contribution in [2.24, 2.45) is 0 Å². The Labute approximate surface area is 147 Å². The summed E-state index contributed by atoms with van der Waals surface area (Å²) in [5, 5.41) is 5.96. The molecule has 128 valence electrons. The summed E-state index contributed by atoms with van der Waals surface area (Å²) in [6.45, 7) is 2.85. The Balaban J connectivity index is 1.55. The molecule has 2 heterocycles. The Morgan fingerprint density at radius 3 is 2.84 bits per heavy atom. The molecule has 1 fully saturated rings. The number of hydrogen-bond acceptors (Lipinski definition) is 3. The number of rotatable bonds is 3. The van der Waals surface area contributed by atoms with E-state index in [4.69, 9.17) is 0 Å². The molecule has 5 heteroatoms. The normalized spacial score (nSPS) is 19.6. The van der Waals surface area contributed by atoms with Gasteiger partial charge in [-0.15, -0.1) is 0 Å². The van der Waals surface area contributed by atoms with E-state index in [1.807, 2.05) is 49.4 Å². The van der Waals surface area contributed by atoms with Crippen LogP contribution in [0, 0.1) is 0 Å². The van der Waals surface area contributed by atoms with Gasteiger partial charge in [0, 0.05) is 12.1 Å². The van der Waals surface area contributed by atoms with E-state index in [-0.39, 0.29) is 23.9 Å². The summed E-state index contributed by atoms with van der Waals surface area (Å²) in [5.74, 6) is -0.114. The lowest BCUT2D eigenvalue weighted by Crippen LogP contribution is -2.44. The van der Waals surface area contributed by atoms with Gasteiger partial charge in [-0.3, -0.25) is 9.59 Å². The smallest absolute Gasteiger partial charge is 0.251 e. The predicted molar refractivity (Wildman–Crippen MR) is 97.8 cm³/mol. The van der Waals surface area contributed by atoms with Gasteiger partial charge in [-0.25, -0.2) is 0 Å². The van der Waals surface area contributed by atoms with Crippen molar-refractivity contribution < 1.29 is 9.59 Å². The van der Waals surface area contributed by atoms with Crippen LogP contribution in [0.4, 0.5) is 11.4 Å². The quantitative estimate of drug-likeness (QED) is 0.906. The lowest BCUT2D eigenvalue weighted by Gasteiger charge is -2.33. The third kappa shape index (κ3) is 2.86. The van der Waals surface area contributed by atoms with Crippen molar-refractivity contribution in [3.05, 3.63) is 59.7 Å². The summed E-state index contributed by atoms with van der Waals surface area (Å²) in [6.07, 6.45) is 1.91. The molecule has 2 aromatic carbocycles. The Morgan fingerprint density at radius 2 is 2.04 bits per heavy atom. The molecule has 2 aliphatic rings. The van der Waals surface area contributed by atoms with E-state index in [1.165, 1.54) is 0 Å². The molecule has 2 N–H and O–H groups in total. The number of anilines is 2. The summed E-state index contributed by atoms with van der Waals surface area (Å²) in [5.41, 5.74) is 3.35. The molecule has 0 spiro atoms. The monoisotopic (exact) mass is 335 g/mol.